The van der Waals surface area contributed by atoms with Gasteiger partial charge in [-0.2, -0.15) is 0 Å². The van der Waals surface area contributed by atoms with Crippen LogP contribution in [-0.4, -0.2) is 128 Å². The van der Waals surface area contributed by atoms with Crippen molar-refractivity contribution in [3.8, 4) is 0 Å². The first-order chi connectivity index (χ1) is 32.5. The first kappa shape index (κ1) is 54.2. The Bertz CT molecular complexity index is 2010. The van der Waals surface area contributed by atoms with Crippen molar-refractivity contribution >= 4 is 30.0 Å². The minimum absolute atomic E-state index is 0.00415. The monoisotopic (exact) mass is 972 g/mol. The van der Waals surface area contributed by atoms with Crippen molar-refractivity contribution in [3.05, 3.63) is 47.5 Å². The quantitative estimate of drug-likeness (QED) is 0.0587. The maximum Gasteiger partial charge on any atom is 0.509 e. The van der Waals surface area contributed by atoms with Crippen molar-refractivity contribution < 1.29 is 76.4 Å². The summed E-state index contributed by atoms with van der Waals surface area (Å²) in [5.41, 5.74) is -5.76. The molecule has 4 fully saturated rings. The van der Waals surface area contributed by atoms with Crippen LogP contribution in [0.1, 0.15) is 145 Å². The molecule has 3 aliphatic carbocycles. The van der Waals surface area contributed by atoms with Crippen molar-refractivity contribution in [2.45, 2.75) is 198 Å². The highest BCUT2D eigenvalue weighted by molar-refractivity contribution is 5.93. The lowest BCUT2D eigenvalue weighted by atomic mass is 9.46. The maximum absolute atomic E-state index is 15.2. The van der Waals surface area contributed by atoms with E-state index in [1.807, 2.05) is 0 Å². The van der Waals surface area contributed by atoms with E-state index in [1.165, 1.54) is 21.1 Å². The number of unbranched alkanes of at least 4 members (excludes halogenated alkanes) is 4. The Morgan fingerprint density at radius 1 is 0.942 bits per heavy atom. The van der Waals surface area contributed by atoms with E-state index in [-0.39, 0.29) is 44.9 Å². The molecule has 11 atom stereocenters. The highest BCUT2D eigenvalue weighted by atomic mass is 16.8. The average Bonchev–Trinajstić information content (AvgIpc) is 3.68. The lowest BCUT2D eigenvalue weighted by Crippen LogP contribution is -2.77. The van der Waals surface area contributed by atoms with E-state index in [2.05, 4.69) is 19.2 Å². The van der Waals surface area contributed by atoms with Gasteiger partial charge in [-0.15, -0.1) is 0 Å². The normalized spacial score (nSPS) is 32.0. The summed E-state index contributed by atoms with van der Waals surface area (Å²) in [4.78, 5) is 70.3. The molecule has 2 N–H and O–H groups in total. The lowest BCUT2D eigenvalue weighted by Gasteiger charge is -2.66. The number of ketones is 1. The number of carbonyl (C=O) groups excluding carboxylic acids is 5. The van der Waals surface area contributed by atoms with E-state index < -0.39 is 106 Å². The van der Waals surface area contributed by atoms with Gasteiger partial charge in [-0.05, 0) is 64.2 Å². The third-order valence-corrected chi connectivity index (χ3v) is 15.2. The molecule has 2 heterocycles. The number of methoxy groups -OCH3 is 2. The first-order valence-corrected chi connectivity index (χ1v) is 24.8. The van der Waals surface area contributed by atoms with Gasteiger partial charge < -0.3 is 57.8 Å². The molecule has 1 amide bonds. The van der Waals surface area contributed by atoms with Gasteiger partial charge in [-0.25, -0.2) is 14.4 Å². The summed E-state index contributed by atoms with van der Waals surface area (Å²) in [5, 5.41) is 15.9. The molecule has 2 saturated heterocycles. The van der Waals surface area contributed by atoms with Crippen molar-refractivity contribution in [1.29, 1.82) is 0 Å². The van der Waals surface area contributed by atoms with E-state index in [0.717, 1.165) is 38.5 Å². The van der Waals surface area contributed by atoms with E-state index in [9.17, 15) is 24.3 Å². The molecular formula is C52H77NO16. The molecule has 1 aromatic carbocycles. The largest absolute Gasteiger partial charge is 0.509 e. The van der Waals surface area contributed by atoms with Crippen LogP contribution in [0.15, 0.2) is 42.0 Å². The van der Waals surface area contributed by atoms with Gasteiger partial charge in [-0.1, -0.05) is 83.7 Å². The molecular weight excluding hydrogens is 895 g/mol. The molecule has 2 aliphatic heterocycles. The summed E-state index contributed by atoms with van der Waals surface area (Å²) in [6.07, 6.45) is 0.461. The highest BCUT2D eigenvalue weighted by Crippen LogP contribution is 2.63. The molecule has 0 aromatic heterocycles. The van der Waals surface area contributed by atoms with Gasteiger partial charge in [0, 0.05) is 58.2 Å². The Morgan fingerprint density at radius 3 is 2.17 bits per heavy atom. The molecule has 1 aromatic rings. The second-order valence-electron chi connectivity index (χ2n) is 21.3. The fourth-order valence-electron chi connectivity index (χ4n) is 11.3. The zero-order valence-corrected chi connectivity index (χ0v) is 42.6. The molecule has 5 aliphatic rings. The number of benzene rings is 1. The third kappa shape index (κ3) is 11.3. The molecule has 17 nitrogen and oxygen atoms in total. The fraction of sp³-hybridized carbons (Fsp3) is 0.750. The van der Waals surface area contributed by atoms with Gasteiger partial charge in [0.2, 0.25) is 6.10 Å². The molecule has 6 rings (SSSR count). The van der Waals surface area contributed by atoms with Crippen LogP contribution in [-0.2, 0) is 61.8 Å². The molecule has 0 spiro atoms. The Kier molecular flexibility index (Phi) is 17.0. The molecule has 386 valence electrons. The molecule has 17 heteroatoms. The van der Waals surface area contributed by atoms with Crippen LogP contribution in [0.3, 0.4) is 0 Å². The molecule has 0 unspecified atom stereocenters. The minimum Gasteiger partial charge on any atom is -0.455 e. The third-order valence-electron chi connectivity index (χ3n) is 15.2. The van der Waals surface area contributed by atoms with Crippen LogP contribution < -0.4 is 5.32 Å². The van der Waals surface area contributed by atoms with Crippen molar-refractivity contribution in [1.82, 2.24) is 5.32 Å². The van der Waals surface area contributed by atoms with Crippen molar-refractivity contribution in [2.24, 2.45) is 16.7 Å². The van der Waals surface area contributed by atoms with Crippen LogP contribution in [0, 0.1) is 16.7 Å². The van der Waals surface area contributed by atoms with Gasteiger partial charge in [0.05, 0.1) is 30.3 Å². The minimum atomic E-state index is -1.88. The number of hydrogen-bond donors (Lipinski definition) is 2. The summed E-state index contributed by atoms with van der Waals surface area (Å²) in [6, 6.07) is 7.04. The number of carbonyl (C=O) groups is 5. The van der Waals surface area contributed by atoms with Gasteiger partial charge >= 0.3 is 24.2 Å². The van der Waals surface area contributed by atoms with Crippen LogP contribution in [0.25, 0.3) is 0 Å². The summed E-state index contributed by atoms with van der Waals surface area (Å²) in [7, 11) is 2.90. The number of Topliss-reactive ketones (excluding diaryl/α,β-unsaturated/α-hetero) is 1. The maximum atomic E-state index is 15.2. The Labute approximate surface area is 407 Å². The Morgan fingerprint density at radius 2 is 1.61 bits per heavy atom. The topological polar surface area (TPSA) is 210 Å². The molecule has 0 radical (unpaired) electrons. The molecule has 69 heavy (non-hydrogen) atoms. The van der Waals surface area contributed by atoms with Crippen LogP contribution in [0.5, 0.6) is 0 Å². The van der Waals surface area contributed by atoms with Gasteiger partial charge in [0.1, 0.15) is 42.7 Å². The number of aliphatic hydroxyl groups is 1. The predicted octanol–water partition coefficient (Wildman–Crippen LogP) is 7.78. The number of fused-ring (bicyclic) bond motifs is 5. The summed E-state index contributed by atoms with van der Waals surface area (Å²) in [6.45, 7) is 15.9. The van der Waals surface area contributed by atoms with Gasteiger partial charge in [-0.3, -0.25) is 9.59 Å². The number of hydrogen-bond acceptors (Lipinski definition) is 16. The number of rotatable bonds is 19. The molecule has 2 saturated carbocycles. The van der Waals surface area contributed by atoms with Crippen LogP contribution in [0.4, 0.5) is 9.59 Å². The zero-order chi connectivity index (χ0) is 50.6. The van der Waals surface area contributed by atoms with Gasteiger partial charge in [0.15, 0.2) is 17.2 Å². The average molecular weight is 972 g/mol. The molecule has 2 bridgehead atoms. The lowest BCUT2D eigenvalue weighted by molar-refractivity contribution is -0.329. The van der Waals surface area contributed by atoms with E-state index in [0.29, 0.717) is 24.0 Å². The standard InChI is InChI=1S/C52H77NO16/c1-12-14-19-23-51(24-20-15-13-2)64-30-35(68-51)29-62-46(58)66-42(40(33-21-17-16-18-22-33)53-45(57)69-47(4,5)6)44(56)65-34-25-36-41(61-11)43(55)49(9)37(28-50(59,27-34)48(36,7)8)52(67-32(3)54)31-63-39(52)26-38(49)60-10/h16-18,21-22,25,34-35,37-42,59H,12-15,19-20,23-24,26-31H2,1-11H3,(H,53,57)/t34-,35+,37+,38+,39-,40+,41-,42-,49+,50-,52-/m1/s1. The first-order valence-electron chi connectivity index (χ1n) is 24.8. The van der Waals surface area contributed by atoms with E-state index in [4.69, 9.17) is 47.4 Å². The number of ether oxygens (including phenoxy) is 10. The second-order valence-corrected chi connectivity index (χ2v) is 21.3. The predicted molar refractivity (Wildman–Crippen MR) is 250 cm³/mol. The SMILES string of the molecule is CCCCCC1(CCCCC)OC[C@H](COC(=O)O[C@@H](C(=O)O[C@@H]2C=C3[C@@H](OC)C(=O)[C@]4(C)[C@@H](OC)C[C@H]5OC[C@@]5(OC(C)=O)[C@H]4C[C@](O)(C2)C3(C)C)[C@@H](NC(=O)OC(C)(C)C)c2ccccc2)O1. The van der Waals surface area contributed by atoms with Crippen LogP contribution in [0.2, 0.25) is 0 Å². The van der Waals surface area contributed by atoms with E-state index in [1.54, 1.807) is 78.0 Å². The van der Waals surface area contributed by atoms with Gasteiger partial charge in [0.25, 0.3) is 0 Å². The fourth-order valence-corrected chi connectivity index (χ4v) is 11.3. The Hall–Kier alpha value is -4.13. The van der Waals surface area contributed by atoms with Crippen LogP contribution >= 0.6 is 0 Å². The number of nitrogens with one attached hydrogen (secondary N) is 1. The summed E-state index contributed by atoms with van der Waals surface area (Å²) in [5.74, 6) is -3.67. The summed E-state index contributed by atoms with van der Waals surface area (Å²) >= 11 is 0. The number of esters is 2. The smallest absolute Gasteiger partial charge is 0.455 e. The van der Waals surface area contributed by atoms with Crippen molar-refractivity contribution in [3.63, 3.8) is 0 Å². The Balaban J connectivity index is 1.33. The number of amides is 1. The number of alkyl carbamates (subject to hydrolysis) is 1. The zero-order valence-electron chi connectivity index (χ0n) is 42.6. The highest BCUT2D eigenvalue weighted by Gasteiger charge is 2.74. The van der Waals surface area contributed by atoms with E-state index >= 15 is 4.79 Å². The second kappa shape index (κ2) is 21.7. The summed E-state index contributed by atoms with van der Waals surface area (Å²) < 4.78 is 60.2. The van der Waals surface area contributed by atoms with Crippen molar-refractivity contribution in [2.75, 3.05) is 34.0 Å².